The highest BCUT2D eigenvalue weighted by Gasteiger charge is 2.24. The van der Waals surface area contributed by atoms with E-state index in [-0.39, 0.29) is 0 Å². The van der Waals surface area contributed by atoms with Crippen LogP contribution in [0.2, 0.25) is 0 Å². The Hall–Kier alpha value is -7.76. The van der Waals surface area contributed by atoms with E-state index < -0.39 is 0 Å². The van der Waals surface area contributed by atoms with Crippen molar-refractivity contribution in [2.24, 2.45) is 0 Å². The Labute approximate surface area is 327 Å². The molecule has 5 heteroatoms. The van der Waals surface area contributed by atoms with Crippen molar-refractivity contribution in [3.8, 4) is 78.7 Å². The Bertz CT molecular complexity index is 3390. The summed E-state index contributed by atoms with van der Waals surface area (Å²) in [6, 6.07) is 61.2. The van der Waals surface area contributed by atoms with E-state index in [4.69, 9.17) is 24.4 Å². The maximum Gasteiger partial charge on any atom is 0.164 e. The maximum absolute atomic E-state index is 6.28. The summed E-state index contributed by atoms with van der Waals surface area (Å²) in [4.78, 5) is 20.5. The van der Waals surface area contributed by atoms with Crippen molar-refractivity contribution >= 4 is 43.6 Å². The number of hydrogen-bond acceptors (Lipinski definition) is 5. The van der Waals surface area contributed by atoms with Gasteiger partial charge < -0.3 is 4.42 Å². The molecule has 0 radical (unpaired) electrons. The molecule has 11 aromatic rings. The van der Waals surface area contributed by atoms with E-state index in [1.54, 1.807) is 0 Å². The minimum absolute atomic E-state index is 0.606. The van der Waals surface area contributed by atoms with Gasteiger partial charge in [-0.25, -0.2) is 15.0 Å². The lowest BCUT2D eigenvalue weighted by Crippen LogP contribution is -2.01. The Morgan fingerprint density at radius 1 is 0.316 bits per heavy atom. The van der Waals surface area contributed by atoms with E-state index in [0.717, 1.165) is 77.2 Å². The van der Waals surface area contributed by atoms with Gasteiger partial charge in [0.15, 0.2) is 17.5 Å². The summed E-state index contributed by atoms with van der Waals surface area (Å²) < 4.78 is 6.28. The number of furan rings is 1. The molecule has 0 unspecified atom stereocenters. The molecule has 0 fully saturated rings. The molecule has 1 aliphatic carbocycles. The second-order valence-corrected chi connectivity index (χ2v) is 14.5. The van der Waals surface area contributed by atoms with E-state index >= 15 is 0 Å². The van der Waals surface area contributed by atoms with Crippen LogP contribution in [0.4, 0.5) is 0 Å². The molecule has 57 heavy (non-hydrogen) atoms. The fourth-order valence-corrected chi connectivity index (χ4v) is 8.81. The molecule has 3 heterocycles. The molecular weight excluding hydrogens is 697 g/mol. The zero-order chi connectivity index (χ0) is 37.5. The molecule has 0 saturated heterocycles. The number of fused-ring (bicyclic) bond motifs is 7. The van der Waals surface area contributed by atoms with Gasteiger partial charge in [0, 0.05) is 44.6 Å². The summed E-state index contributed by atoms with van der Waals surface area (Å²) in [6.07, 6.45) is 1.93. The Balaban J connectivity index is 1.03. The van der Waals surface area contributed by atoms with E-state index in [2.05, 4.69) is 127 Å². The van der Waals surface area contributed by atoms with Crippen molar-refractivity contribution in [3.05, 3.63) is 182 Å². The summed E-state index contributed by atoms with van der Waals surface area (Å²) in [5.74, 6) is 1.84. The van der Waals surface area contributed by atoms with Crippen LogP contribution in [0.1, 0.15) is 0 Å². The van der Waals surface area contributed by atoms with Crippen LogP contribution < -0.4 is 0 Å². The van der Waals surface area contributed by atoms with Crippen molar-refractivity contribution in [1.29, 1.82) is 0 Å². The highest BCUT2D eigenvalue weighted by molar-refractivity contribution is 6.18. The molecule has 12 rings (SSSR count). The standard InChI is InChI=1S/C52H30N4O/c1-2-12-31(13-3-1)50-54-51(33-15-8-14-32(30-33)34-26-27-41-36-16-4-5-17-37(36)42-28-29-53-49(34)48(41)42)56-52(55-50)43-23-10-19-35-38(20-9-21-39(35)43)40-22-11-25-46-47(40)44-18-6-7-24-45(44)57-46/h1-30H. The first-order valence-electron chi connectivity index (χ1n) is 19.1. The second kappa shape index (κ2) is 12.4. The molecule has 0 spiro atoms. The third-order valence-electron chi connectivity index (χ3n) is 11.4. The van der Waals surface area contributed by atoms with Gasteiger partial charge in [-0.05, 0) is 74.0 Å². The average molecular weight is 727 g/mol. The Kier molecular flexibility index (Phi) is 6.86. The van der Waals surface area contributed by atoms with Gasteiger partial charge in [-0.2, -0.15) is 0 Å². The maximum atomic E-state index is 6.28. The summed E-state index contributed by atoms with van der Waals surface area (Å²) in [7, 11) is 0. The van der Waals surface area contributed by atoms with Gasteiger partial charge in [-0.1, -0.05) is 152 Å². The highest BCUT2D eigenvalue weighted by Crippen LogP contribution is 2.49. The number of hydrogen-bond donors (Lipinski definition) is 0. The van der Waals surface area contributed by atoms with Crippen LogP contribution in [0.5, 0.6) is 0 Å². The third-order valence-corrected chi connectivity index (χ3v) is 11.4. The van der Waals surface area contributed by atoms with E-state index in [1.165, 1.54) is 27.6 Å². The molecule has 0 bridgehead atoms. The summed E-state index contributed by atoms with van der Waals surface area (Å²) >= 11 is 0. The quantitative estimate of drug-likeness (QED) is 0.177. The van der Waals surface area contributed by atoms with Crippen molar-refractivity contribution in [1.82, 2.24) is 19.9 Å². The summed E-state index contributed by atoms with van der Waals surface area (Å²) in [6.45, 7) is 0. The number of rotatable bonds is 5. The number of aromatic nitrogens is 4. The van der Waals surface area contributed by atoms with Crippen LogP contribution in [-0.2, 0) is 0 Å². The van der Waals surface area contributed by atoms with Crippen LogP contribution in [0.25, 0.3) is 122 Å². The summed E-state index contributed by atoms with van der Waals surface area (Å²) in [5.41, 5.74) is 14.8. The van der Waals surface area contributed by atoms with Crippen LogP contribution in [0, 0.1) is 0 Å². The lowest BCUT2D eigenvalue weighted by molar-refractivity contribution is 0.669. The lowest BCUT2D eigenvalue weighted by atomic mass is 9.93. The van der Waals surface area contributed by atoms with Gasteiger partial charge in [0.2, 0.25) is 0 Å². The predicted octanol–water partition coefficient (Wildman–Crippen LogP) is 13.5. The van der Waals surface area contributed by atoms with Gasteiger partial charge in [0.25, 0.3) is 0 Å². The van der Waals surface area contributed by atoms with Gasteiger partial charge in [0.05, 0.1) is 5.52 Å². The molecule has 0 aliphatic heterocycles. The molecule has 0 N–H and O–H groups in total. The molecule has 0 atom stereocenters. The minimum atomic E-state index is 0.606. The largest absolute Gasteiger partial charge is 0.456 e. The monoisotopic (exact) mass is 726 g/mol. The van der Waals surface area contributed by atoms with Crippen LogP contribution in [0.3, 0.4) is 0 Å². The molecule has 1 aliphatic rings. The predicted molar refractivity (Wildman–Crippen MR) is 232 cm³/mol. The minimum Gasteiger partial charge on any atom is -0.456 e. The zero-order valence-electron chi connectivity index (χ0n) is 30.5. The first-order chi connectivity index (χ1) is 28.3. The fourth-order valence-electron chi connectivity index (χ4n) is 8.81. The van der Waals surface area contributed by atoms with Crippen molar-refractivity contribution in [2.45, 2.75) is 0 Å². The van der Waals surface area contributed by atoms with E-state index in [0.29, 0.717) is 17.5 Å². The van der Waals surface area contributed by atoms with Crippen LogP contribution >= 0.6 is 0 Å². The lowest BCUT2D eigenvalue weighted by Gasteiger charge is -2.13. The molecule has 0 amide bonds. The average Bonchev–Trinajstić information content (AvgIpc) is 3.83. The number of benzene rings is 8. The molecule has 0 saturated carbocycles. The van der Waals surface area contributed by atoms with Gasteiger partial charge >= 0.3 is 0 Å². The molecule has 3 aromatic heterocycles. The first-order valence-corrected chi connectivity index (χ1v) is 19.1. The van der Waals surface area contributed by atoms with Gasteiger partial charge in [-0.3, -0.25) is 4.98 Å². The number of pyridine rings is 1. The third kappa shape index (κ3) is 4.89. The molecular formula is C52H30N4O. The Morgan fingerprint density at radius 2 is 0.860 bits per heavy atom. The van der Waals surface area contributed by atoms with Gasteiger partial charge in [0.1, 0.15) is 11.2 Å². The first kappa shape index (κ1) is 31.6. The van der Waals surface area contributed by atoms with E-state index in [1.807, 2.05) is 54.7 Å². The Morgan fingerprint density at radius 3 is 1.72 bits per heavy atom. The van der Waals surface area contributed by atoms with Crippen molar-refractivity contribution in [2.75, 3.05) is 0 Å². The van der Waals surface area contributed by atoms with E-state index in [9.17, 15) is 0 Å². The molecule has 264 valence electrons. The van der Waals surface area contributed by atoms with Crippen LogP contribution in [-0.4, -0.2) is 19.9 Å². The number of nitrogens with zero attached hydrogens (tertiary/aromatic N) is 4. The van der Waals surface area contributed by atoms with Crippen molar-refractivity contribution < 1.29 is 4.42 Å². The summed E-state index contributed by atoms with van der Waals surface area (Å²) in [5, 5.41) is 5.58. The van der Waals surface area contributed by atoms with Crippen LogP contribution in [0.15, 0.2) is 187 Å². The zero-order valence-corrected chi connectivity index (χ0v) is 30.5. The topological polar surface area (TPSA) is 64.7 Å². The van der Waals surface area contributed by atoms with Crippen molar-refractivity contribution in [3.63, 3.8) is 0 Å². The SMILES string of the molecule is c1ccc(-c2nc(-c3cccc(-c4ccc5c6c(ccnc46)-c4ccccc4-5)c3)nc(-c3cccc4c(-c5cccc6oc7ccccc7c56)cccc34)n2)cc1. The second-order valence-electron chi connectivity index (χ2n) is 14.5. The fraction of sp³-hybridized carbons (Fsp3) is 0. The highest BCUT2D eigenvalue weighted by atomic mass is 16.3. The molecule has 5 nitrogen and oxygen atoms in total. The molecule has 8 aromatic carbocycles. The number of para-hydroxylation sites is 1. The van der Waals surface area contributed by atoms with Gasteiger partial charge in [-0.15, -0.1) is 0 Å². The smallest absolute Gasteiger partial charge is 0.164 e. The normalized spacial score (nSPS) is 11.9.